The van der Waals surface area contributed by atoms with Crippen molar-refractivity contribution in [1.29, 1.82) is 0 Å². The van der Waals surface area contributed by atoms with Crippen LogP contribution in [0.5, 0.6) is 0 Å². The highest BCUT2D eigenvalue weighted by atomic mass is 35.6. The highest BCUT2D eigenvalue weighted by Crippen LogP contribution is 2.60. The van der Waals surface area contributed by atoms with Crippen molar-refractivity contribution in [2.24, 2.45) is 0 Å². The van der Waals surface area contributed by atoms with Crippen LogP contribution in [0.2, 0.25) is 16.6 Å². The Hall–Kier alpha value is 0.507. The fourth-order valence-corrected chi connectivity index (χ4v) is 12.9. The molecular formula is C15H27ClSi. The van der Waals surface area contributed by atoms with Crippen molar-refractivity contribution in [2.45, 2.75) is 93.7 Å². The minimum atomic E-state index is -1.48. The molecule has 0 aromatic rings. The minimum Gasteiger partial charge on any atom is -0.166 e. The predicted octanol–water partition coefficient (Wildman–Crippen LogP) is 6.00. The number of hydrogen-bond acceptors (Lipinski definition) is 0. The molecule has 3 aliphatic carbocycles. The van der Waals surface area contributed by atoms with E-state index in [9.17, 15) is 0 Å². The third kappa shape index (κ3) is 2.23. The van der Waals surface area contributed by atoms with E-state index >= 15 is 0 Å². The molecule has 0 aromatic heterocycles. The fourth-order valence-electron chi connectivity index (χ4n) is 5.10. The van der Waals surface area contributed by atoms with Gasteiger partial charge in [0, 0.05) is 0 Å². The summed E-state index contributed by atoms with van der Waals surface area (Å²) >= 11 is 7.50. The van der Waals surface area contributed by atoms with Gasteiger partial charge in [0.2, 0.25) is 0 Å². The van der Waals surface area contributed by atoms with E-state index in [2.05, 4.69) is 0 Å². The fraction of sp³-hybridized carbons (Fsp3) is 1.00. The van der Waals surface area contributed by atoms with Gasteiger partial charge in [-0.15, -0.1) is 0 Å². The lowest BCUT2D eigenvalue weighted by molar-refractivity contribution is 0.698. The predicted molar refractivity (Wildman–Crippen MR) is 78.3 cm³/mol. The molecule has 0 aromatic carbocycles. The average molecular weight is 271 g/mol. The lowest BCUT2D eigenvalue weighted by Gasteiger charge is -2.41. The van der Waals surface area contributed by atoms with E-state index in [1.807, 2.05) is 0 Å². The normalized spacial score (nSPS) is 29.5. The third-order valence-electron chi connectivity index (χ3n) is 5.94. The van der Waals surface area contributed by atoms with Gasteiger partial charge >= 0.3 is 0 Å². The molecule has 17 heavy (non-hydrogen) atoms. The molecule has 0 radical (unpaired) electrons. The molecule has 0 saturated heterocycles. The molecule has 2 heteroatoms. The number of hydrogen-bond donors (Lipinski definition) is 0. The van der Waals surface area contributed by atoms with Crippen molar-refractivity contribution in [2.75, 3.05) is 0 Å². The molecule has 0 amide bonds. The Bertz CT molecular complexity index is 207. The van der Waals surface area contributed by atoms with Crippen LogP contribution in [0.3, 0.4) is 0 Å². The van der Waals surface area contributed by atoms with Crippen LogP contribution in [-0.2, 0) is 0 Å². The summed E-state index contributed by atoms with van der Waals surface area (Å²) in [7, 11) is -1.48. The maximum Gasteiger partial charge on any atom is 0.165 e. The number of halogens is 1. The lowest BCUT2D eigenvalue weighted by atomic mass is 10.3. The zero-order valence-electron chi connectivity index (χ0n) is 11.1. The molecule has 98 valence electrons. The molecule has 0 spiro atoms. The zero-order chi connectivity index (χ0) is 11.7. The van der Waals surface area contributed by atoms with Gasteiger partial charge in [0.25, 0.3) is 0 Å². The van der Waals surface area contributed by atoms with Crippen LogP contribution < -0.4 is 0 Å². The molecule has 3 saturated carbocycles. The van der Waals surface area contributed by atoms with Gasteiger partial charge in [-0.1, -0.05) is 77.0 Å². The molecule has 0 unspecified atom stereocenters. The second-order valence-corrected chi connectivity index (χ2v) is 12.8. The first-order chi connectivity index (χ1) is 8.32. The second kappa shape index (κ2) is 5.25. The van der Waals surface area contributed by atoms with Crippen LogP contribution >= 0.6 is 11.1 Å². The first kappa shape index (κ1) is 12.5. The van der Waals surface area contributed by atoms with Gasteiger partial charge in [0.15, 0.2) is 7.38 Å². The van der Waals surface area contributed by atoms with Crippen LogP contribution in [0, 0.1) is 0 Å². The molecular weight excluding hydrogens is 244 g/mol. The van der Waals surface area contributed by atoms with Gasteiger partial charge in [0.1, 0.15) is 0 Å². The highest BCUT2D eigenvalue weighted by molar-refractivity contribution is 7.22. The van der Waals surface area contributed by atoms with Crippen LogP contribution in [-0.4, -0.2) is 7.38 Å². The summed E-state index contributed by atoms with van der Waals surface area (Å²) < 4.78 is 0. The Labute approximate surface area is 112 Å². The summed E-state index contributed by atoms with van der Waals surface area (Å²) in [6, 6.07) is 0. The zero-order valence-corrected chi connectivity index (χ0v) is 12.9. The van der Waals surface area contributed by atoms with Crippen molar-refractivity contribution in [3.63, 3.8) is 0 Å². The van der Waals surface area contributed by atoms with Gasteiger partial charge in [-0.2, -0.15) is 11.1 Å². The third-order valence-corrected chi connectivity index (χ3v) is 14.2. The SMILES string of the molecule is Cl[Si](C1CCCC1)(C1CCCC1)C1CCCC1. The monoisotopic (exact) mass is 270 g/mol. The smallest absolute Gasteiger partial charge is 0.165 e. The van der Waals surface area contributed by atoms with E-state index < -0.39 is 7.38 Å². The Balaban J connectivity index is 1.81. The molecule has 3 aliphatic rings. The van der Waals surface area contributed by atoms with Gasteiger partial charge < -0.3 is 0 Å². The Morgan fingerprint density at radius 2 is 0.765 bits per heavy atom. The van der Waals surface area contributed by atoms with E-state index in [1.54, 1.807) is 0 Å². The highest BCUT2D eigenvalue weighted by Gasteiger charge is 2.53. The van der Waals surface area contributed by atoms with Crippen LogP contribution in [0.4, 0.5) is 0 Å². The molecule has 0 atom stereocenters. The summed E-state index contributed by atoms with van der Waals surface area (Å²) in [6.07, 6.45) is 17.8. The molecule has 0 bridgehead atoms. The van der Waals surface area contributed by atoms with E-state index in [1.165, 1.54) is 77.0 Å². The van der Waals surface area contributed by atoms with Crippen molar-refractivity contribution in [3.8, 4) is 0 Å². The molecule has 3 rings (SSSR count). The molecule has 0 aliphatic heterocycles. The quantitative estimate of drug-likeness (QED) is 0.436. The van der Waals surface area contributed by atoms with E-state index in [-0.39, 0.29) is 0 Å². The maximum absolute atomic E-state index is 7.50. The Morgan fingerprint density at radius 1 is 0.529 bits per heavy atom. The topological polar surface area (TPSA) is 0 Å². The molecule has 0 N–H and O–H groups in total. The largest absolute Gasteiger partial charge is 0.166 e. The first-order valence-electron chi connectivity index (χ1n) is 8.00. The lowest BCUT2D eigenvalue weighted by Crippen LogP contribution is -2.41. The Kier molecular flexibility index (Phi) is 3.87. The molecule has 0 nitrogen and oxygen atoms in total. The van der Waals surface area contributed by atoms with Crippen molar-refractivity contribution in [1.82, 2.24) is 0 Å². The van der Waals surface area contributed by atoms with Gasteiger partial charge in [0.05, 0.1) is 0 Å². The summed E-state index contributed by atoms with van der Waals surface area (Å²) in [4.78, 5) is 0. The summed E-state index contributed by atoms with van der Waals surface area (Å²) in [5.41, 5.74) is 2.99. The second-order valence-electron chi connectivity index (χ2n) is 6.77. The van der Waals surface area contributed by atoms with Crippen molar-refractivity contribution in [3.05, 3.63) is 0 Å². The standard InChI is InChI=1S/C15H27ClSi/c16-17(13-7-1-2-8-13,14-9-3-4-10-14)15-11-5-6-12-15/h13-15H,1-12H2. The first-order valence-corrected chi connectivity index (χ1v) is 11.2. The Morgan fingerprint density at radius 3 is 1.00 bits per heavy atom. The number of rotatable bonds is 3. The van der Waals surface area contributed by atoms with E-state index in [4.69, 9.17) is 11.1 Å². The van der Waals surface area contributed by atoms with Gasteiger partial charge in [-0.3, -0.25) is 0 Å². The van der Waals surface area contributed by atoms with Crippen LogP contribution in [0.15, 0.2) is 0 Å². The summed E-state index contributed by atoms with van der Waals surface area (Å²) in [6.45, 7) is 0. The van der Waals surface area contributed by atoms with E-state index in [0.717, 1.165) is 16.6 Å². The van der Waals surface area contributed by atoms with Crippen LogP contribution in [0.1, 0.15) is 77.0 Å². The molecule has 0 heterocycles. The van der Waals surface area contributed by atoms with Gasteiger partial charge in [-0.25, -0.2) is 0 Å². The summed E-state index contributed by atoms with van der Waals surface area (Å²) in [5.74, 6) is 0. The molecule has 3 fully saturated rings. The minimum absolute atomic E-state index is 0.996. The maximum atomic E-state index is 7.50. The van der Waals surface area contributed by atoms with Crippen LogP contribution in [0.25, 0.3) is 0 Å². The van der Waals surface area contributed by atoms with Crippen molar-refractivity contribution >= 4 is 18.5 Å². The van der Waals surface area contributed by atoms with Gasteiger partial charge in [-0.05, 0) is 16.6 Å². The summed E-state index contributed by atoms with van der Waals surface area (Å²) in [5, 5.41) is 0. The average Bonchev–Trinajstić information content (AvgIpc) is 3.10. The van der Waals surface area contributed by atoms with Crippen molar-refractivity contribution < 1.29 is 0 Å². The van der Waals surface area contributed by atoms with E-state index in [0.29, 0.717) is 0 Å².